The molecule has 0 fully saturated rings. The van der Waals surface area contributed by atoms with Crippen LogP contribution in [0.25, 0.3) is 44.3 Å². The molecule has 0 unspecified atom stereocenters. The maximum Gasteiger partial charge on any atom is 0.116 e. The molecule has 2 heteroatoms. The monoisotopic (exact) mass is 483 g/mol. The van der Waals surface area contributed by atoms with Gasteiger partial charge < -0.3 is 0 Å². The molecule has 1 aliphatic rings. The number of hydrogen-bond donors (Lipinski definition) is 0. The first-order valence-electron chi connectivity index (χ1n) is 12.9. The highest BCUT2D eigenvalue weighted by Crippen LogP contribution is 2.38. The van der Waals surface area contributed by atoms with Gasteiger partial charge in [0.1, 0.15) is 8.07 Å². The van der Waals surface area contributed by atoms with Crippen molar-refractivity contribution in [3.63, 3.8) is 0 Å². The van der Waals surface area contributed by atoms with Gasteiger partial charge in [-0.2, -0.15) is 0 Å². The molecule has 36 heavy (non-hydrogen) atoms. The van der Waals surface area contributed by atoms with E-state index in [1.54, 1.807) is 0 Å². The standard InChI is InChI=1S/C34H33NSi/c1-22-11-13-23(14-12-22)24-15-16-28-29-17-18-35-32(33(29)36(5,6)31(28)21-24)26-19-25-9-7-8-10-27(25)30(20-26)34(2,3)4/h7-21H,1-6H3. The fourth-order valence-corrected chi connectivity index (χ4v) is 9.33. The molecule has 178 valence electrons. The van der Waals surface area contributed by atoms with Crippen molar-refractivity contribution < 1.29 is 0 Å². The lowest BCUT2D eigenvalue weighted by atomic mass is 9.82. The quantitative estimate of drug-likeness (QED) is 0.232. The summed E-state index contributed by atoms with van der Waals surface area (Å²) in [6, 6.07) is 31.7. The molecule has 1 aromatic heterocycles. The van der Waals surface area contributed by atoms with Gasteiger partial charge in [-0.05, 0) is 79.5 Å². The molecule has 0 saturated carbocycles. The molecule has 0 atom stereocenters. The largest absolute Gasteiger partial charge is 0.256 e. The van der Waals surface area contributed by atoms with Gasteiger partial charge in [0, 0.05) is 11.8 Å². The van der Waals surface area contributed by atoms with E-state index in [1.807, 2.05) is 6.20 Å². The highest BCUT2D eigenvalue weighted by molar-refractivity contribution is 7.04. The van der Waals surface area contributed by atoms with Crippen molar-refractivity contribution in [2.24, 2.45) is 0 Å². The zero-order chi connectivity index (χ0) is 25.2. The highest BCUT2D eigenvalue weighted by Gasteiger charge is 2.40. The molecule has 0 saturated heterocycles. The van der Waals surface area contributed by atoms with Crippen molar-refractivity contribution in [2.45, 2.75) is 46.2 Å². The fraction of sp³-hybridized carbons (Fsp3) is 0.206. The van der Waals surface area contributed by atoms with E-state index in [4.69, 9.17) is 4.98 Å². The minimum atomic E-state index is -1.98. The first-order valence-corrected chi connectivity index (χ1v) is 15.9. The van der Waals surface area contributed by atoms with Gasteiger partial charge >= 0.3 is 0 Å². The van der Waals surface area contributed by atoms with Crippen LogP contribution in [0.4, 0.5) is 0 Å². The highest BCUT2D eigenvalue weighted by atomic mass is 28.3. The third-order valence-corrected chi connectivity index (χ3v) is 11.4. The summed E-state index contributed by atoms with van der Waals surface area (Å²) in [4.78, 5) is 5.05. The average molecular weight is 484 g/mol. The molecule has 6 rings (SSSR count). The van der Waals surface area contributed by atoms with Crippen molar-refractivity contribution in [3.05, 3.63) is 102 Å². The van der Waals surface area contributed by atoms with Crippen molar-refractivity contribution in [3.8, 4) is 33.5 Å². The molecule has 5 aromatic rings. The fourth-order valence-electron chi connectivity index (χ4n) is 5.96. The van der Waals surface area contributed by atoms with E-state index in [0.717, 1.165) is 5.69 Å². The van der Waals surface area contributed by atoms with Crippen LogP contribution in [0.15, 0.2) is 91.1 Å². The van der Waals surface area contributed by atoms with Crippen LogP contribution in [0.1, 0.15) is 31.9 Å². The Bertz CT molecular complexity index is 1640. The molecular formula is C34H33NSi. The Morgan fingerprint density at radius 1 is 0.694 bits per heavy atom. The number of aryl methyl sites for hydroxylation is 1. The lowest BCUT2D eigenvalue weighted by Crippen LogP contribution is -2.50. The van der Waals surface area contributed by atoms with Crippen molar-refractivity contribution in [1.82, 2.24) is 4.98 Å². The maximum absolute atomic E-state index is 5.05. The molecule has 0 bridgehead atoms. The van der Waals surface area contributed by atoms with Gasteiger partial charge in [0.15, 0.2) is 0 Å². The summed E-state index contributed by atoms with van der Waals surface area (Å²) >= 11 is 0. The number of hydrogen-bond acceptors (Lipinski definition) is 1. The summed E-state index contributed by atoms with van der Waals surface area (Å²) in [6.45, 7) is 14.1. The molecule has 2 heterocycles. The summed E-state index contributed by atoms with van der Waals surface area (Å²) in [7, 11) is -1.98. The van der Waals surface area contributed by atoms with Gasteiger partial charge in [-0.1, -0.05) is 106 Å². The van der Waals surface area contributed by atoms with Gasteiger partial charge in [-0.15, -0.1) is 0 Å². The summed E-state index contributed by atoms with van der Waals surface area (Å²) in [5.41, 5.74) is 10.5. The zero-order valence-corrected chi connectivity index (χ0v) is 23.1. The van der Waals surface area contributed by atoms with Gasteiger partial charge in [0.2, 0.25) is 0 Å². The third kappa shape index (κ3) is 3.55. The van der Waals surface area contributed by atoms with E-state index >= 15 is 0 Å². The van der Waals surface area contributed by atoms with Crippen molar-refractivity contribution in [1.29, 1.82) is 0 Å². The topological polar surface area (TPSA) is 12.9 Å². The smallest absolute Gasteiger partial charge is 0.116 e. The summed E-state index contributed by atoms with van der Waals surface area (Å²) in [5.74, 6) is 0. The Hall–Kier alpha value is -3.49. The molecule has 0 amide bonds. The van der Waals surface area contributed by atoms with Crippen LogP contribution in [-0.2, 0) is 5.41 Å². The van der Waals surface area contributed by atoms with Crippen LogP contribution in [0, 0.1) is 6.92 Å². The summed E-state index contributed by atoms with van der Waals surface area (Å²) in [6.07, 6.45) is 2.01. The van der Waals surface area contributed by atoms with Gasteiger partial charge in [-0.25, -0.2) is 0 Å². The summed E-state index contributed by atoms with van der Waals surface area (Å²) < 4.78 is 0. The molecule has 0 spiro atoms. The van der Waals surface area contributed by atoms with Crippen LogP contribution in [0.5, 0.6) is 0 Å². The second-order valence-corrected chi connectivity index (χ2v) is 16.1. The Morgan fingerprint density at radius 3 is 2.17 bits per heavy atom. The van der Waals surface area contributed by atoms with E-state index in [1.165, 1.54) is 60.1 Å². The van der Waals surface area contributed by atoms with E-state index < -0.39 is 8.07 Å². The maximum atomic E-state index is 5.05. The molecule has 0 radical (unpaired) electrons. The Labute approximate surface area is 215 Å². The first-order chi connectivity index (χ1) is 17.1. The SMILES string of the molecule is Cc1ccc(-c2ccc3c(c2)[Si](C)(C)c2c-3ccnc2-c2cc(C(C)(C)C)c3ccccc3c2)cc1. The zero-order valence-electron chi connectivity index (χ0n) is 22.1. The van der Waals surface area contributed by atoms with Crippen LogP contribution in [0.3, 0.4) is 0 Å². The number of pyridine rings is 1. The predicted molar refractivity (Wildman–Crippen MR) is 158 cm³/mol. The van der Waals surface area contributed by atoms with Crippen LogP contribution in [0.2, 0.25) is 13.1 Å². The van der Waals surface area contributed by atoms with E-state index in [-0.39, 0.29) is 5.41 Å². The number of benzene rings is 4. The van der Waals surface area contributed by atoms with E-state index in [9.17, 15) is 0 Å². The van der Waals surface area contributed by atoms with Gasteiger partial charge in [0.05, 0.1) is 5.69 Å². The Balaban J connectivity index is 1.56. The number of fused-ring (bicyclic) bond motifs is 4. The van der Waals surface area contributed by atoms with Crippen LogP contribution in [-0.4, -0.2) is 13.1 Å². The molecule has 1 nitrogen and oxygen atoms in total. The summed E-state index contributed by atoms with van der Waals surface area (Å²) in [5, 5.41) is 5.61. The van der Waals surface area contributed by atoms with Gasteiger partial charge in [-0.3, -0.25) is 4.98 Å². The number of aromatic nitrogens is 1. The normalized spacial score (nSPS) is 14.1. The van der Waals surface area contributed by atoms with Crippen molar-refractivity contribution >= 4 is 29.2 Å². The Kier molecular flexibility index (Phi) is 5.10. The lowest BCUT2D eigenvalue weighted by Gasteiger charge is -2.25. The molecular weight excluding hydrogens is 450 g/mol. The minimum Gasteiger partial charge on any atom is -0.256 e. The van der Waals surface area contributed by atoms with E-state index in [2.05, 4.69) is 126 Å². The van der Waals surface area contributed by atoms with Crippen molar-refractivity contribution in [2.75, 3.05) is 0 Å². The average Bonchev–Trinajstić information content (AvgIpc) is 3.10. The van der Waals surface area contributed by atoms with E-state index in [0.29, 0.717) is 0 Å². The predicted octanol–water partition coefficient (Wildman–Crippen LogP) is 7.98. The lowest BCUT2D eigenvalue weighted by molar-refractivity contribution is 0.596. The molecule has 0 N–H and O–H groups in total. The third-order valence-electron chi connectivity index (χ3n) is 7.89. The Morgan fingerprint density at radius 2 is 1.42 bits per heavy atom. The number of rotatable bonds is 2. The second kappa shape index (κ2) is 8.01. The van der Waals surface area contributed by atoms with Gasteiger partial charge in [0.25, 0.3) is 0 Å². The minimum absolute atomic E-state index is 0.0480. The first kappa shape index (κ1) is 22.9. The number of nitrogens with zero attached hydrogens (tertiary/aromatic N) is 1. The van der Waals surface area contributed by atoms with Crippen LogP contribution < -0.4 is 10.4 Å². The van der Waals surface area contributed by atoms with Crippen LogP contribution >= 0.6 is 0 Å². The second-order valence-electron chi connectivity index (χ2n) is 11.8. The molecule has 1 aliphatic heterocycles. The molecule has 0 aliphatic carbocycles. The molecule has 4 aromatic carbocycles.